The predicted molar refractivity (Wildman–Crippen MR) is 70.1 cm³/mol. The van der Waals surface area contributed by atoms with Crippen LogP contribution in [0.4, 0.5) is 5.69 Å². The molecule has 0 unspecified atom stereocenters. The van der Waals surface area contributed by atoms with Gasteiger partial charge in [-0.2, -0.15) is 0 Å². The van der Waals surface area contributed by atoms with Gasteiger partial charge in [0.1, 0.15) is 0 Å². The lowest BCUT2D eigenvalue weighted by atomic mass is 10.2. The number of pyridine rings is 1. The van der Waals surface area contributed by atoms with Crippen molar-refractivity contribution in [3.63, 3.8) is 0 Å². The molecular formula is C13H10ClN3. The van der Waals surface area contributed by atoms with Crippen LogP contribution in [0.3, 0.4) is 0 Å². The fourth-order valence-electron chi connectivity index (χ4n) is 1.83. The van der Waals surface area contributed by atoms with E-state index < -0.39 is 0 Å². The van der Waals surface area contributed by atoms with Crippen LogP contribution in [0.25, 0.3) is 16.9 Å². The molecule has 0 aliphatic carbocycles. The highest BCUT2D eigenvalue weighted by Crippen LogP contribution is 2.27. The van der Waals surface area contributed by atoms with E-state index in [0.29, 0.717) is 10.7 Å². The highest BCUT2D eigenvalue weighted by Gasteiger charge is 2.08. The molecule has 4 heteroatoms. The second-order valence-electron chi connectivity index (χ2n) is 3.80. The molecule has 3 nitrogen and oxygen atoms in total. The molecule has 0 bridgehead atoms. The molecule has 2 N–H and O–H groups in total. The minimum atomic E-state index is 0.658. The zero-order chi connectivity index (χ0) is 11.8. The molecule has 0 saturated carbocycles. The van der Waals surface area contributed by atoms with E-state index in [1.165, 1.54) is 0 Å². The quantitative estimate of drug-likeness (QED) is 0.713. The van der Waals surface area contributed by atoms with Crippen LogP contribution in [0.2, 0.25) is 5.02 Å². The number of rotatable bonds is 1. The largest absolute Gasteiger partial charge is 0.396 e. The SMILES string of the molecule is Nc1cccn2cc(-c3ccccc3Cl)nc12. The predicted octanol–water partition coefficient (Wildman–Crippen LogP) is 3.24. The Morgan fingerprint density at radius 2 is 1.94 bits per heavy atom. The Bertz CT molecular complexity index is 688. The summed E-state index contributed by atoms with van der Waals surface area (Å²) in [5.74, 6) is 0. The summed E-state index contributed by atoms with van der Waals surface area (Å²) in [6, 6.07) is 11.4. The van der Waals surface area contributed by atoms with Crippen molar-refractivity contribution in [2.45, 2.75) is 0 Å². The number of hydrogen-bond donors (Lipinski definition) is 1. The maximum absolute atomic E-state index is 6.15. The summed E-state index contributed by atoms with van der Waals surface area (Å²) in [5.41, 5.74) is 9.02. The Morgan fingerprint density at radius 3 is 2.71 bits per heavy atom. The molecule has 84 valence electrons. The van der Waals surface area contributed by atoms with E-state index >= 15 is 0 Å². The topological polar surface area (TPSA) is 43.3 Å². The van der Waals surface area contributed by atoms with Gasteiger partial charge in [0.2, 0.25) is 0 Å². The maximum Gasteiger partial charge on any atom is 0.160 e. The lowest BCUT2D eigenvalue weighted by molar-refractivity contribution is 1.19. The van der Waals surface area contributed by atoms with Gasteiger partial charge in [-0.3, -0.25) is 0 Å². The van der Waals surface area contributed by atoms with E-state index in [1.807, 2.05) is 53.2 Å². The Labute approximate surface area is 103 Å². The first-order valence-electron chi connectivity index (χ1n) is 5.24. The Kier molecular flexibility index (Phi) is 2.27. The zero-order valence-electron chi connectivity index (χ0n) is 8.97. The van der Waals surface area contributed by atoms with Crippen molar-refractivity contribution < 1.29 is 0 Å². The van der Waals surface area contributed by atoms with E-state index in [-0.39, 0.29) is 0 Å². The first-order valence-corrected chi connectivity index (χ1v) is 5.61. The molecule has 0 atom stereocenters. The van der Waals surface area contributed by atoms with Gasteiger partial charge in [0.15, 0.2) is 5.65 Å². The second kappa shape index (κ2) is 3.79. The van der Waals surface area contributed by atoms with Crippen molar-refractivity contribution in [1.29, 1.82) is 0 Å². The number of nitrogen functional groups attached to an aromatic ring is 1. The highest BCUT2D eigenvalue weighted by molar-refractivity contribution is 6.33. The highest BCUT2D eigenvalue weighted by atomic mass is 35.5. The summed E-state index contributed by atoms with van der Waals surface area (Å²) in [4.78, 5) is 4.50. The molecular weight excluding hydrogens is 234 g/mol. The lowest BCUT2D eigenvalue weighted by Crippen LogP contribution is -1.90. The molecule has 0 aliphatic rings. The minimum Gasteiger partial charge on any atom is -0.396 e. The molecule has 2 aromatic heterocycles. The van der Waals surface area contributed by atoms with Crippen LogP contribution in [-0.2, 0) is 0 Å². The van der Waals surface area contributed by atoms with E-state index in [4.69, 9.17) is 17.3 Å². The Hall–Kier alpha value is -2.00. The fourth-order valence-corrected chi connectivity index (χ4v) is 2.07. The van der Waals surface area contributed by atoms with Crippen LogP contribution in [0.5, 0.6) is 0 Å². The molecule has 0 fully saturated rings. The number of benzene rings is 1. The first kappa shape index (κ1) is 10.2. The summed E-state index contributed by atoms with van der Waals surface area (Å²) in [7, 11) is 0. The molecule has 17 heavy (non-hydrogen) atoms. The summed E-state index contributed by atoms with van der Waals surface area (Å²) in [6.45, 7) is 0. The summed E-state index contributed by atoms with van der Waals surface area (Å²) in [5, 5.41) is 0.689. The number of imidazole rings is 1. The molecule has 0 saturated heterocycles. The third-order valence-electron chi connectivity index (χ3n) is 2.66. The molecule has 1 aromatic carbocycles. The number of nitrogens with zero attached hydrogens (tertiary/aromatic N) is 2. The van der Waals surface area contributed by atoms with Crippen molar-refractivity contribution in [1.82, 2.24) is 9.38 Å². The number of fused-ring (bicyclic) bond motifs is 1. The number of aromatic nitrogens is 2. The fraction of sp³-hybridized carbons (Fsp3) is 0. The molecule has 3 aromatic rings. The van der Waals surface area contributed by atoms with E-state index in [9.17, 15) is 0 Å². The Morgan fingerprint density at radius 1 is 1.12 bits per heavy atom. The van der Waals surface area contributed by atoms with Gasteiger partial charge in [-0.05, 0) is 18.2 Å². The third kappa shape index (κ3) is 1.65. The average Bonchev–Trinajstić information content (AvgIpc) is 2.75. The first-order chi connectivity index (χ1) is 8.25. The monoisotopic (exact) mass is 243 g/mol. The Balaban J connectivity index is 2.26. The maximum atomic E-state index is 6.15. The molecule has 0 amide bonds. The van der Waals surface area contributed by atoms with Crippen molar-refractivity contribution in [2.75, 3.05) is 5.73 Å². The number of anilines is 1. The van der Waals surface area contributed by atoms with Crippen LogP contribution in [0.15, 0.2) is 48.8 Å². The summed E-state index contributed by atoms with van der Waals surface area (Å²) < 4.78 is 1.90. The molecule has 0 aliphatic heterocycles. The van der Waals surface area contributed by atoms with Gasteiger partial charge in [-0.1, -0.05) is 29.8 Å². The van der Waals surface area contributed by atoms with Gasteiger partial charge in [0.25, 0.3) is 0 Å². The van der Waals surface area contributed by atoms with Crippen LogP contribution < -0.4 is 5.73 Å². The van der Waals surface area contributed by atoms with Crippen LogP contribution >= 0.6 is 11.6 Å². The van der Waals surface area contributed by atoms with Gasteiger partial charge in [0, 0.05) is 18.0 Å². The van der Waals surface area contributed by atoms with Gasteiger partial charge in [-0.15, -0.1) is 0 Å². The van der Waals surface area contributed by atoms with Crippen LogP contribution in [0.1, 0.15) is 0 Å². The smallest absolute Gasteiger partial charge is 0.160 e. The summed E-state index contributed by atoms with van der Waals surface area (Å²) >= 11 is 6.15. The van der Waals surface area contributed by atoms with Crippen LogP contribution in [-0.4, -0.2) is 9.38 Å². The van der Waals surface area contributed by atoms with Crippen molar-refractivity contribution in [2.24, 2.45) is 0 Å². The molecule has 2 heterocycles. The van der Waals surface area contributed by atoms with Crippen molar-refractivity contribution >= 4 is 22.9 Å². The lowest BCUT2D eigenvalue weighted by Gasteiger charge is -1.97. The summed E-state index contributed by atoms with van der Waals surface area (Å²) in [6.07, 6.45) is 3.84. The van der Waals surface area contributed by atoms with E-state index in [1.54, 1.807) is 0 Å². The van der Waals surface area contributed by atoms with Crippen molar-refractivity contribution in [3.05, 3.63) is 53.8 Å². The second-order valence-corrected chi connectivity index (χ2v) is 4.21. The normalized spacial score (nSPS) is 10.9. The van der Waals surface area contributed by atoms with Crippen molar-refractivity contribution in [3.8, 4) is 11.3 Å². The van der Waals surface area contributed by atoms with Gasteiger partial charge in [0.05, 0.1) is 16.4 Å². The van der Waals surface area contributed by atoms with E-state index in [0.717, 1.165) is 16.9 Å². The molecule has 0 radical (unpaired) electrons. The van der Waals surface area contributed by atoms with Gasteiger partial charge in [-0.25, -0.2) is 4.98 Å². The number of nitrogens with two attached hydrogens (primary N) is 1. The van der Waals surface area contributed by atoms with Gasteiger partial charge >= 0.3 is 0 Å². The zero-order valence-corrected chi connectivity index (χ0v) is 9.72. The third-order valence-corrected chi connectivity index (χ3v) is 2.99. The number of halogens is 1. The minimum absolute atomic E-state index is 0.658. The van der Waals surface area contributed by atoms with E-state index in [2.05, 4.69) is 4.98 Å². The molecule has 3 rings (SSSR count). The number of hydrogen-bond acceptors (Lipinski definition) is 2. The average molecular weight is 244 g/mol. The molecule has 0 spiro atoms. The van der Waals surface area contributed by atoms with Crippen LogP contribution in [0, 0.1) is 0 Å². The standard InChI is InChI=1S/C13H10ClN3/c14-10-5-2-1-4-9(10)12-8-17-7-3-6-11(15)13(17)16-12/h1-8H,15H2. The van der Waals surface area contributed by atoms with Gasteiger partial charge < -0.3 is 10.1 Å².